The molecular formula is C10H15NO6S. The average molecular weight is 277 g/mol. The number of furan rings is 1. The molecule has 18 heavy (non-hydrogen) atoms. The molecule has 0 aliphatic heterocycles. The van der Waals surface area contributed by atoms with Crippen molar-refractivity contribution >= 4 is 16.0 Å². The number of carbonyl (C=O) groups is 1. The number of aromatic carboxylic acids is 1. The van der Waals surface area contributed by atoms with Gasteiger partial charge in [-0.3, -0.25) is 0 Å². The van der Waals surface area contributed by atoms with Gasteiger partial charge in [-0.2, -0.15) is 0 Å². The summed E-state index contributed by atoms with van der Waals surface area (Å²) >= 11 is 0. The van der Waals surface area contributed by atoms with Crippen LogP contribution in [0.3, 0.4) is 0 Å². The summed E-state index contributed by atoms with van der Waals surface area (Å²) in [6.07, 6.45) is 0.243. The lowest BCUT2D eigenvalue weighted by molar-refractivity contribution is 0.0656. The molecule has 0 aliphatic carbocycles. The van der Waals surface area contributed by atoms with Crippen LogP contribution in [0.5, 0.6) is 0 Å². The molecule has 0 saturated heterocycles. The highest BCUT2D eigenvalue weighted by molar-refractivity contribution is 7.89. The molecule has 1 heterocycles. The second-order valence-electron chi connectivity index (χ2n) is 3.67. The van der Waals surface area contributed by atoms with E-state index in [1.807, 2.05) is 0 Å². The van der Waals surface area contributed by atoms with Crippen molar-refractivity contribution in [3.63, 3.8) is 0 Å². The molecule has 7 nitrogen and oxygen atoms in total. The topological polar surface area (TPSA) is 117 Å². The Labute approximate surface area is 104 Å². The van der Waals surface area contributed by atoms with Gasteiger partial charge >= 0.3 is 5.97 Å². The van der Waals surface area contributed by atoms with E-state index in [-0.39, 0.29) is 13.0 Å². The third kappa shape index (κ3) is 3.83. The van der Waals surface area contributed by atoms with E-state index in [0.29, 0.717) is 6.42 Å². The Morgan fingerprint density at radius 3 is 2.67 bits per heavy atom. The van der Waals surface area contributed by atoms with Crippen molar-refractivity contribution in [3.05, 3.63) is 17.9 Å². The van der Waals surface area contributed by atoms with E-state index < -0.39 is 32.9 Å². The van der Waals surface area contributed by atoms with Crippen LogP contribution in [0, 0.1) is 0 Å². The van der Waals surface area contributed by atoms with Gasteiger partial charge in [0.25, 0.3) is 10.0 Å². The van der Waals surface area contributed by atoms with Gasteiger partial charge in [-0.1, -0.05) is 6.92 Å². The number of aliphatic hydroxyl groups excluding tert-OH is 1. The van der Waals surface area contributed by atoms with Crippen molar-refractivity contribution in [3.8, 4) is 0 Å². The monoisotopic (exact) mass is 277 g/mol. The first-order valence-electron chi connectivity index (χ1n) is 5.37. The summed E-state index contributed by atoms with van der Waals surface area (Å²) in [6.45, 7) is 1.84. The second kappa shape index (κ2) is 5.98. The Hall–Kier alpha value is -1.38. The van der Waals surface area contributed by atoms with Gasteiger partial charge in [0, 0.05) is 6.54 Å². The van der Waals surface area contributed by atoms with Gasteiger partial charge in [-0.15, -0.1) is 0 Å². The summed E-state index contributed by atoms with van der Waals surface area (Å²) in [7, 11) is -3.87. The average Bonchev–Trinajstić information content (AvgIpc) is 2.78. The first-order valence-corrected chi connectivity index (χ1v) is 6.86. The molecule has 0 aromatic carbocycles. The SMILES string of the molecule is CCC(O)CCNS(=O)(=O)c1ccc(C(=O)O)o1. The summed E-state index contributed by atoms with van der Waals surface area (Å²) in [5.41, 5.74) is 0. The highest BCUT2D eigenvalue weighted by atomic mass is 32.2. The highest BCUT2D eigenvalue weighted by Crippen LogP contribution is 2.13. The van der Waals surface area contributed by atoms with Crippen molar-refractivity contribution in [1.29, 1.82) is 0 Å². The zero-order valence-corrected chi connectivity index (χ0v) is 10.6. The summed E-state index contributed by atoms with van der Waals surface area (Å²) in [6, 6.07) is 2.14. The van der Waals surface area contributed by atoms with E-state index in [9.17, 15) is 18.3 Å². The fourth-order valence-corrected chi connectivity index (χ4v) is 2.19. The van der Waals surface area contributed by atoms with Crippen molar-refractivity contribution in [2.45, 2.75) is 31.0 Å². The van der Waals surface area contributed by atoms with Crippen molar-refractivity contribution in [1.82, 2.24) is 4.72 Å². The maximum atomic E-state index is 11.7. The maximum Gasteiger partial charge on any atom is 0.371 e. The van der Waals surface area contributed by atoms with E-state index in [0.717, 1.165) is 12.1 Å². The summed E-state index contributed by atoms with van der Waals surface area (Å²) in [5.74, 6) is -1.78. The number of carboxylic acids is 1. The fourth-order valence-electron chi connectivity index (χ4n) is 1.21. The minimum atomic E-state index is -3.87. The molecule has 3 N–H and O–H groups in total. The molecule has 0 amide bonds. The van der Waals surface area contributed by atoms with Crippen LogP contribution in [0.15, 0.2) is 21.6 Å². The Bertz CT molecular complexity index is 506. The van der Waals surface area contributed by atoms with Gasteiger partial charge in [0.1, 0.15) is 0 Å². The summed E-state index contributed by atoms with van der Waals surface area (Å²) < 4.78 is 30.2. The molecule has 102 valence electrons. The number of sulfonamides is 1. The first kappa shape index (κ1) is 14.7. The number of hydrogen-bond donors (Lipinski definition) is 3. The lowest BCUT2D eigenvalue weighted by Crippen LogP contribution is -2.26. The smallest absolute Gasteiger partial charge is 0.371 e. The third-order valence-corrected chi connectivity index (χ3v) is 3.63. The van der Waals surface area contributed by atoms with Crippen LogP contribution >= 0.6 is 0 Å². The molecule has 8 heteroatoms. The summed E-state index contributed by atoms with van der Waals surface area (Å²) in [4.78, 5) is 10.5. The Kier molecular flexibility index (Phi) is 4.88. The zero-order chi connectivity index (χ0) is 13.8. The predicted octanol–water partition coefficient (Wildman–Crippen LogP) is 0.417. The molecule has 0 bridgehead atoms. The molecule has 1 rings (SSSR count). The molecule has 0 fully saturated rings. The second-order valence-corrected chi connectivity index (χ2v) is 5.37. The lowest BCUT2D eigenvalue weighted by atomic mass is 10.2. The van der Waals surface area contributed by atoms with Gasteiger partial charge < -0.3 is 14.6 Å². The van der Waals surface area contributed by atoms with Crippen molar-refractivity contribution < 1.29 is 27.8 Å². The van der Waals surface area contributed by atoms with Gasteiger partial charge in [-0.25, -0.2) is 17.9 Å². The number of carboxylic acid groups (broad SMARTS) is 1. The first-order chi connectivity index (χ1) is 8.36. The third-order valence-electron chi connectivity index (χ3n) is 2.30. The van der Waals surface area contributed by atoms with Crippen LogP contribution in [0.25, 0.3) is 0 Å². The molecule has 1 aromatic heterocycles. The molecule has 1 unspecified atom stereocenters. The molecule has 0 aliphatic rings. The standard InChI is InChI=1S/C10H15NO6S/c1-2-7(12)5-6-11-18(15,16)9-4-3-8(17-9)10(13)14/h3-4,7,11-12H,2,5-6H2,1H3,(H,13,14). The normalized spacial score (nSPS) is 13.4. The predicted molar refractivity (Wildman–Crippen MR) is 61.8 cm³/mol. The lowest BCUT2D eigenvalue weighted by Gasteiger charge is -2.07. The van der Waals surface area contributed by atoms with Crippen LogP contribution in [-0.4, -0.2) is 37.2 Å². The minimum Gasteiger partial charge on any atom is -0.475 e. The Morgan fingerprint density at radius 1 is 1.50 bits per heavy atom. The molecule has 1 atom stereocenters. The largest absolute Gasteiger partial charge is 0.475 e. The number of nitrogens with one attached hydrogen (secondary N) is 1. The van der Waals surface area contributed by atoms with Crippen LogP contribution in [-0.2, 0) is 10.0 Å². The fraction of sp³-hybridized carbons (Fsp3) is 0.500. The van der Waals surface area contributed by atoms with Crippen LogP contribution < -0.4 is 4.72 Å². The minimum absolute atomic E-state index is 0.0560. The number of hydrogen-bond acceptors (Lipinski definition) is 5. The Balaban J connectivity index is 2.65. The van der Waals surface area contributed by atoms with Gasteiger partial charge in [0.15, 0.2) is 0 Å². The van der Waals surface area contributed by atoms with E-state index in [1.54, 1.807) is 6.92 Å². The zero-order valence-electron chi connectivity index (χ0n) is 9.79. The quantitative estimate of drug-likeness (QED) is 0.665. The molecular weight excluding hydrogens is 262 g/mol. The van der Waals surface area contributed by atoms with Crippen molar-refractivity contribution in [2.24, 2.45) is 0 Å². The Morgan fingerprint density at radius 2 is 2.17 bits per heavy atom. The van der Waals surface area contributed by atoms with E-state index >= 15 is 0 Å². The number of aliphatic hydroxyl groups is 1. The van der Waals surface area contributed by atoms with Gasteiger partial charge in [0.2, 0.25) is 10.9 Å². The van der Waals surface area contributed by atoms with Crippen molar-refractivity contribution in [2.75, 3.05) is 6.54 Å². The molecule has 1 aromatic rings. The molecule has 0 saturated carbocycles. The summed E-state index contributed by atoms with van der Waals surface area (Å²) in [5, 5.41) is 17.4. The van der Waals surface area contributed by atoms with Crippen LogP contribution in [0.1, 0.15) is 30.3 Å². The van der Waals surface area contributed by atoms with Crippen LogP contribution in [0.2, 0.25) is 0 Å². The van der Waals surface area contributed by atoms with Gasteiger partial charge in [0.05, 0.1) is 6.10 Å². The highest BCUT2D eigenvalue weighted by Gasteiger charge is 2.20. The van der Waals surface area contributed by atoms with Crippen LogP contribution in [0.4, 0.5) is 0 Å². The van der Waals surface area contributed by atoms with E-state index in [4.69, 9.17) is 5.11 Å². The number of rotatable bonds is 7. The molecule has 0 spiro atoms. The van der Waals surface area contributed by atoms with Gasteiger partial charge in [-0.05, 0) is 25.0 Å². The molecule has 0 radical (unpaired) electrons. The van der Waals surface area contributed by atoms with E-state index in [1.165, 1.54) is 0 Å². The maximum absolute atomic E-state index is 11.7. The van der Waals surface area contributed by atoms with E-state index in [2.05, 4.69) is 9.14 Å².